The molecule has 0 N–H and O–H groups in total. The SMILES string of the molecule is C=C(C)C(=O)Oc1ccc(CCc2ccc(-c3ccc(OC(=O)C(=C)C)cc3)c(OC(=O)C(=C)COC)c2)cc1. The zero-order chi connectivity index (χ0) is 29.2. The van der Waals surface area contributed by atoms with E-state index >= 15 is 0 Å². The monoisotopic (exact) mass is 540 g/mol. The van der Waals surface area contributed by atoms with Crippen molar-refractivity contribution in [3.63, 3.8) is 0 Å². The smallest absolute Gasteiger partial charge is 0.341 e. The molecule has 0 amide bonds. The Kier molecular flexibility index (Phi) is 10.3. The molecule has 0 saturated heterocycles. The van der Waals surface area contributed by atoms with Crippen molar-refractivity contribution in [3.8, 4) is 28.4 Å². The predicted octanol–water partition coefficient (Wildman–Crippen LogP) is 6.21. The quantitative estimate of drug-likeness (QED) is 0.153. The van der Waals surface area contributed by atoms with Gasteiger partial charge in [-0.25, -0.2) is 14.4 Å². The van der Waals surface area contributed by atoms with Gasteiger partial charge in [-0.05, 0) is 73.7 Å². The lowest BCUT2D eigenvalue weighted by atomic mass is 9.99. The fraction of sp³-hybridized carbons (Fsp3) is 0.182. The summed E-state index contributed by atoms with van der Waals surface area (Å²) in [6.07, 6.45) is 1.38. The highest BCUT2D eigenvalue weighted by molar-refractivity contribution is 5.91. The van der Waals surface area contributed by atoms with Crippen molar-refractivity contribution in [2.45, 2.75) is 26.7 Å². The van der Waals surface area contributed by atoms with E-state index in [9.17, 15) is 14.4 Å². The van der Waals surface area contributed by atoms with Crippen LogP contribution in [0.25, 0.3) is 11.1 Å². The minimum absolute atomic E-state index is 0.0499. The van der Waals surface area contributed by atoms with Gasteiger partial charge in [-0.1, -0.05) is 56.1 Å². The van der Waals surface area contributed by atoms with Crippen LogP contribution in [0.3, 0.4) is 0 Å². The van der Waals surface area contributed by atoms with Crippen LogP contribution in [0.1, 0.15) is 25.0 Å². The number of carbonyl (C=O) groups excluding carboxylic acids is 3. The maximum Gasteiger partial charge on any atom is 0.341 e. The molecular weight excluding hydrogens is 508 g/mol. The highest BCUT2D eigenvalue weighted by Gasteiger charge is 2.16. The summed E-state index contributed by atoms with van der Waals surface area (Å²) < 4.78 is 21.3. The summed E-state index contributed by atoms with van der Waals surface area (Å²) in [6.45, 7) is 14.1. The number of hydrogen-bond donors (Lipinski definition) is 0. The van der Waals surface area contributed by atoms with Gasteiger partial charge in [0.2, 0.25) is 0 Å². The van der Waals surface area contributed by atoms with Crippen molar-refractivity contribution >= 4 is 17.9 Å². The summed E-state index contributed by atoms with van der Waals surface area (Å²) >= 11 is 0. The third-order valence-electron chi connectivity index (χ3n) is 5.76. The summed E-state index contributed by atoms with van der Waals surface area (Å²) in [4.78, 5) is 36.2. The minimum Gasteiger partial charge on any atom is -0.423 e. The first kappa shape index (κ1) is 29.8. The van der Waals surface area contributed by atoms with Crippen LogP contribution in [0.5, 0.6) is 17.2 Å². The van der Waals surface area contributed by atoms with Crippen molar-refractivity contribution < 1.29 is 33.3 Å². The molecular formula is C33H32O7. The summed E-state index contributed by atoms with van der Waals surface area (Å²) in [7, 11) is 1.48. The van der Waals surface area contributed by atoms with Gasteiger partial charge < -0.3 is 18.9 Å². The van der Waals surface area contributed by atoms with Crippen LogP contribution < -0.4 is 14.2 Å². The first-order chi connectivity index (χ1) is 19.1. The van der Waals surface area contributed by atoms with Crippen molar-refractivity contribution in [1.82, 2.24) is 0 Å². The van der Waals surface area contributed by atoms with E-state index in [4.69, 9.17) is 18.9 Å². The van der Waals surface area contributed by atoms with Crippen LogP contribution in [-0.2, 0) is 32.0 Å². The van der Waals surface area contributed by atoms with Gasteiger partial charge in [0, 0.05) is 23.8 Å². The Morgan fingerprint density at radius 1 is 0.650 bits per heavy atom. The average molecular weight is 541 g/mol. The maximum absolute atomic E-state index is 12.7. The number of esters is 3. The van der Waals surface area contributed by atoms with Gasteiger partial charge >= 0.3 is 17.9 Å². The Balaban J connectivity index is 1.80. The Morgan fingerprint density at radius 2 is 1.15 bits per heavy atom. The zero-order valence-electron chi connectivity index (χ0n) is 23.0. The van der Waals surface area contributed by atoms with Gasteiger partial charge in [0.25, 0.3) is 0 Å². The van der Waals surface area contributed by atoms with Crippen LogP contribution in [0.2, 0.25) is 0 Å². The molecule has 0 aliphatic rings. The molecule has 3 rings (SSSR count). The second-order valence-corrected chi connectivity index (χ2v) is 9.26. The molecule has 0 saturated carbocycles. The summed E-state index contributed by atoms with van der Waals surface area (Å²) in [5, 5.41) is 0. The van der Waals surface area contributed by atoms with Crippen molar-refractivity contribution in [2.24, 2.45) is 0 Å². The van der Waals surface area contributed by atoms with E-state index in [0.29, 0.717) is 46.8 Å². The van der Waals surface area contributed by atoms with Crippen LogP contribution in [0.4, 0.5) is 0 Å². The highest BCUT2D eigenvalue weighted by atomic mass is 16.5. The zero-order valence-corrected chi connectivity index (χ0v) is 23.0. The molecule has 0 unspecified atom stereocenters. The first-order valence-electron chi connectivity index (χ1n) is 12.5. The van der Waals surface area contributed by atoms with E-state index in [0.717, 1.165) is 16.7 Å². The molecule has 0 spiro atoms. The summed E-state index contributed by atoms with van der Waals surface area (Å²) in [5.41, 5.74) is 4.27. The average Bonchev–Trinajstić information content (AvgIpc) is 2.93. The largest absolute Gasteiger partial charge is 0.423 e. The van der Waals surface area contributed by atoms with Gasteiger partial charge in [-0.3, -0.25) is 0 Å². The van der Waals surface area contributed by atoms with Gasteiger partial charge in [0.1, 0.15) is 17.2 Å². The molecule has 3 aromatic rings. The number of ether oxygens (including phenoxy) is 4. The Bertz CT molecular complexity index is 1430. The maximum atomic E-state index is 12.7. The van der Waals surface area contributed by atoms with E-state index in [1.807, 2.05) is 30.3 Å². The second kappa shape index (κ2) is 13.9. The fourth-order valence-corrected chi connectivity index (χ4v) is 3.55. The van der Waals surface area contributed by atoms with Crippen molar-refractivity contribution in [3.05, 3.63) is 114 Å². The molecule has 0 aliphatic carbocycles. The molecule has 7 nitrogen and oxygen atoms in total. The van der Waals surface area contributed by atoms with Crippen LogP contribution in [-0.4, -0.2) is 31.6 Å². The molecule has 7 heteroatoms. The molecule has 0 fully saturated rings. The molecule has 0 atom stereocenters. The van der Waals surface area contributed by atoms with Crippen LogP contribution >= 0.6 is 0 Å². The lowest BCUT2D eigenvalue weighted by Crippen LogP contribution is -2.14. The lowest BCUT2D eigenvalue weighted by Gasteiger charge is -2.14. The number of benzene rings is 3. The van der Waals surface area contributed by atoms with E-state index < -0.39 is 17.9 Å². The van der Waals surface area contributed by atoms with E-state index in [-0.39, 0.29) is 12.2 Å². The summed E-state index contributed by atoms with van der Waals surface area (Å²) in [6, 6.07) is 19.8. The van der Waals surface area contributed by atoms with E-state index in [1.54, 1.807) is 50.2 Å². The molecule has 0 bridgehead atoms. The fourth-order valence-electron chi connectivity index (χ4n) is 3.55. The lowest BCUT2D eigenvalue weighted by molar-refractivity contribution is -0.131. The van der Waals surface area contributed by atoms with Gasteiger partial charge in [0.05, 0.1) is 12.2 Å². The molecule has 0 radical (unpaired) electrons. The number of methoxy groups -OCH3 is 1. The number of aryl methyl sites for hydroxylation is 2. The second-order valence-electron chi connectivity index (χ2n) is 9.26. The van der Waals surface area contributed by atoms with E-state index in [2.05, 4.69) is 19.7 Å². The third kappa shape index (κ3) is 8.38. The molecule has 206 valence electrons. The standard InChI is InChI=1S/C33H32O7/c1-21(2)31(34)38-27-14-9-24(10-15-27)7-8-25-11-18-29(30(19-25)40-33(36)23(5)20-37-6)26-12-16-28(17-13-26)39-32(35)22(3)4/h9-19H,1,3,5,7-8,20H2,2,4,6H3. The topological polar surface area (TPSA) is 88.1 Å². The Labute approximate surface area is 234 Å². The van der Waals surface area contributed by atoms with E-state index in [1.165, 1.54) is 7.11 Å². The molecule has 0 heterocycles. The number of carbonyl (C=O) groups is 3. The number of rotatable bonds is 12. The molecule has 0 aliphatic heterocycles. The van der Waals surface area contributed by atoms with Crippen molar-refractivity contribution in [2.75, 3.05) is 13.7 Å². The number of hydrogen-bond acceptors (Lipinski definition) is 7. The third-order valence-corrected chi connectivity index (χ3v) is 5.76. The predicted molar refractivity (Wildman–Crippen MR) is 153 cm³/mol. The first-order valence-corrected chi connectivity index (χ1v) is 12.5. The molecule has 3 aromatic carbocycles. The van der Waals surface area contributed by atoms with Gasteiger partial charge in [-0.15, -0.1) is 0 Å². The van der Waals surface area contributed by atoms with Crippen molar-refractivity contribution in [1.29, 1.82) is 0 Å². The molecule has 40 heavy (non-hydrogen) atoms. The Morgan fingerprint density at radius 3 is 1.68 bits per heavy atom. The van der Waals surface area contributed by atoms with Gasteiger partial charge in [0.15, 0.2) is 0 Å². The van der Waals surface area contributed by atoms with Gasteiger partial charge in [-0.2, -0.15) is 0 Å². The van der Waals surface area contributed by atoms with Crippen LogP contribution in [0.15, 0.2) is 103 Å². The highest BCUT2D eigenvalue weighted by Crippen LogP contribution is 2.33. The molecule has 0 aromatic heterocycles. The minimum atomic E-state index is -0.591. The van der Waals surface area contributed by atoms with Crippen LogP contribution in [0, 0.1) is 0 Å². The summed E-state index contributed by atoms with van der Waals surface area (Å²) in [5.74, 6) is -0.370. The normalized spacial score (nSPS) is 10.4. The Hall–Kier alpha value is -4.75.